The topological polar surface area (TPSA) is 231 Å². The zero-order valence-electron chi connectivity index (χ0n) is 45.5. The molecule has 0 unspecified atom stereocenters. The molecule has 4 aliphatic rings. The minimum atomic E-state index is -0.980. The third-order valence-electron chi connectivity index (χ3n) is 16.3. The number of amides is 2. The van der Waals surface area contributed by atoms with E-state index in [2.05, 4.69) is 47.1 Å². The monoisotopic (exact) mass is 1100 g/mol. The van der Waals surface area contributed by atoms with Gasteiger partial charge in [-0.15, -0.1) is 16.4 Å². The van der Waals surface area contributed by atoms with Gasteiger partial charge in [0.15, 0.2) is 5.75 Å². The number of thiazole rings is 1. The summed E-state index contributed by atoms with van der Waals surface area (Å²) >= 11 is 1.54. The van der Waals surface area contributed by atoms with E-state index in [1.807, 2.05) is 76.2 Å². The molecule has 1 saturated carbocycles. The molecule has 12 rings (SSSR count). The lowest BCUT2D eigenvalue weighted by Gasteiger charge is -2.30. The number of rotatable bonds is 19. The highest BCUT2D eigenvalue weighted by Gasteiger charge is 2.44. The molecule has 7 heterocycles. The Morgan fingerprint density at radius 2 is 1.75 bits per heavy atom. The summed E-state index contributed by atoms with van der Waals surface area (Å²) < 4.78 is 36.6. The van der Waals surface area contributed by atoms with Gasteiger partial charge in [0.2, 0.25) is 11.8 Å². The summed E-state index contributed by atoms with van der Waals surface area (Å²) in [5.41, 5.74) is 10.6. The Balaban J connectivity index is 0.824. The number of piperazine rings is 1. The fourth-order valence-corrected chi connectivity index (χ4v) is 12.6. The van der Waals surface area contributed by atoms with Crippen LogP contribution in [0.3, 0.4) is 0 Å². The van der Waals surface area contributed by atoms with E-state index in [4.69, 9.17) is 24.2 Å². The standard InChI is InChI=1S/C59H65FN12O7S/c1-30(2)53(58(76)71-24-41(74)18-49(71)57(75)64-48(26-73)37-13-15-38(16-14-37)55-33(5)62-29-80-55)72-25-47(68-69-72)36-9-7-34(8-10-36)28-78-54-51(50-32(4)45(60)20-46-44(50)22-63-67-46)42(35-11-12-35)19-43-52(54)65-59(79-27-31(3)77-6)66-56(43)70-23-39-17-40(70)21-61-39/h7-10,13-16,19-20,22,25,29-31,35,39-41,48-49,53,61,73-74H,11-12,17-18,21,23-24,26-28H2,1-6H3,(H,63,67)(H,64,75)/t31-,39-,40-,41+,48-,49-,53-/m0/s1. The van der Waals surface area contributed by atoms with Crippen molar-refractivity contribution in [3.8, 4) is 44.6 Å². The summed E-state index contributed by atoms with van der Waals surface area (Å²) in [5.74, 6) is 0.000290. The lowest BCUT2D eigenvalue weighted by atomic mass is 9.88. The number of halogens is 1. The molecule has 0 radical (unpaired) electrons. The summed E-state index contributed by atoms with van der Waals surface area (Å²) in [4.78, 5) is 48.0. The number of aromatic nitrogens is 8. The number of likely N-dealkylation sites (tertiary alicyclic amines) is 1. The van der Waals surface area contributed by atoms with Crippen molar-refractivity contribution in [1.82, 2.24) is 55.7 Å². The van der Waals surface area contributed by atoms with E-state index in [0.717, 1.165) is 87.3 Å². The highest BCUT2D eigenvalue weighted by molar-refractivity contribution is 7.13. The van der Waals surface area contributed by atoms with Crippen molar-refractivity contribution < 1.29 is 38.4 Å². The molecule has 2 bridgehead atoms. The van der Waals surface area contributed by atoms with Crippen molar-refractivity contribution in [2.45, 2.75) is 115 Å². The van der Waals surface area contributed by atoms with Crippen LogP contribution >= 0.6 is 11.3 Å². The molecule has 4 fully saturated rings. The number of hydrogen-bond acceptors (Lipinski definition) is 16. The summed E-state index contributed by atoms with van der Waals surface area (Å²) in [6.45, 7) is 11.0. The van der Waals surface area contributed by atoms with Crippen molar-refractivity contribution in [2.75, 3.05) is 44.9 Å². The Kier molecular flexibility index (Phi) is 14.6. The van der Waals surface area contributed by atoms with Gasteiger partial charge in [-0.3, -0.25) is 14.7 Å². The predicted octanol–water partition coefficient (Wildman–Crippen LogP) is 7.74. The highest BCUT2D eigenvalue weighted by Crippen LogP contribution is 2.53. The number of methoxy groups -OCH3 is 1. The second-order valence-corrected chi connectivity index (χ2v) is 23.0. The van der Waals surface area contributed by atoms with Crippen LogP contribution in [0.4, 0.5) is 10.2 Å². The molecule has 80 heavy (non-hydrogen) atoms. The SMILES string of the molecule is CO[C@@H](C)COc1nc(N2C[C@@H]3C[C@H]2CN3)c2cc(C3CC3)c(-c3c(C)c(F)cc4[nH]ncc34)c(OCc3ccc(-c4cn([C@H](C(=O)N5C[C@H](O)C[C@H]5C(=O)N[C@@H](CO)c5ccc(-c6scnc6C)cc5)C(C)C)nn4)cc3)c2n1. The number of fused-ring (bicyclic) bond motifs is 4. The van der Waals surface area contributed by atoms with Crippen molar-refractivity contribution in [3.05, 3.63) is 112 Å². The number of aryl methyl sites for hydroxylation is 1. The molecule has 8 aromatic rings. The van der Waals surface area contributed by atoms with E-state index in [1.54, 1.807) is 43.3 Å². The van der Waals surface area contributed by atoms with Crippen LogP contribution in [0.5, 0.6) is 11.8 Å². The van der Waals surface area contributed by atoms with Crippen molar-refractivity contribution >= 4 is 50.8 Å². The quantitative estimate of drug-likeness (QED) is 0.0521. The van der Waals surface area contributed by atoms with E-state index >= 15 is 4.39 Å². The number of aliphatic hydroxyl groups excluding tert-OH is 2. The van der Waals surface area contributed by atoms with Crippen molar-refractivity contribution in [2.24, 2.45) is 5.92 Å². The van der Waals surface area contributed by atoms with Gasteiger partial charge in [0.25, 0.3) is 0 Å². The number of aliphatic hydroxyl groups is 2. The lowest BCUT2D eigenvalue weighted by Crippen LogP contribution is -2.50. The predicted molar refractivity (Wildman–Crippen MR) is 301 cm³/mol. The summed E-state index contributed by atoms with van der Waals surface area (Å²) in [6.07, 6.45) is 5.31. The molecule has 1 aliphatic carbocycles. The van der Waals surface area contributed by atoms with Gasteiger partial charge >= 0.3 is 6.01 Å². The number of β-amino-alcohol motifs (C(OH)–C–C–N with tert-alkyl or cyclic N) is 1. The maximum absolute atomic E-state index is 16.1. The van der Waals surface area contributed by atoms with E-state index in [0.29, 0.717) is 45.2 Å². The van der Waals surface area contributed by atoms with Crippen molar-refractivity contribution in [1.29, 1.82) is 0 Å². The molecule has 3 aliphatic heterocycles. The molecule has 19 nitrogen and oxygen atoms in total. The number of ether oxygens (including phenoxy) is 3. The zero-order chi connectivity index (χ0) is 55.5. The molecule has 5 N–H and O–H groups in total. The van der Waals surface area contributed by atoms with Crippen LogP contribution < -0.4 is 25.0 Å². The molecule has 0 spiro atoms. The number of hydrogen-bond donors (Lipinski definition) is 5. The van der Waals surface area contributed by atoms with Crippen LogP contribution in [0.1, 0.15) is 92.4 Å². The smallest absolute Gasteiger partial charge is 0.319 e. The van der Waals surface area contributed by atoms with E-state index in [-0.39, 0.29) is 74.5 Å². The largest absolute Gasteiger partial charge is 0.486 e. The first-order valence-corrected chi connectivity index (χ1v) is 28.3. The summed E-state index contributed by atoms with van der Waals surface area (Å²) in [6, 6.07) is 17.2. The first-order chi connectivity index (χ1) is 38.7. The van der Waals surface area contributed by atoms with Crippen LogP contribution in [0.25, 0.3) is 54.6 Å². The molecular formula is C59H65FN12O7S. The Labute approximate surface area is 465 Å². The highest BCUT2D eigenvalue weighted by atomic mass is 32.1. The maximum atomic E-state index is 16.1. The molecule has 3 saturated heterocycles. The number of nitrogens with one attached hydrogen (secondary N) is 3. The van der Waals surface area contributed by atoms with E-state index in [9.17, 15) is 19.8 Å². The van der Waals surface area contributed by atoms with Gasteiger partial charge < -0.3 is 44.9 Å². The summed E-state index contributed by atoms with van der Waals surface area (Å²) in [7, 11) is 1.64. The van der Waals surface area contributed by atoms with Crippen LogP contribution in [0, 0.1) is 25.6 Å². The molecule has 416 valence electrons. The molecule has 7 atom stereocenters. The maximum Gasteiger partial charge on any atom is 0.319 e. The lowest BCUT2D eigenvalue weighted by molar-refractivity contribution is -0.142. The first-order valence-electron chi connectivity index (χ1n) is 27.5. The number of aromatic amines is 1. The molecule has 21 heteroatoms. The van der Waals surface area contributed by atoms with Gasteiger partial charge in [-0.05, 0) is 91.8 Å². The van der Waals surface area contributed by atoms with Crippen LogP contribution in [-0.4, -0.2) is 137 Å². The van der Waals surface area contributed by atoms with Gasteiger partial charge in [0, 0.05) is 72.7 Å². The second-order valence-electron chi connectivity index (χ2n) is 22.2. The molecule has 2 amide bonds. The van der Waals surface area contributed by atoms with E-state index < -0.39 is 30.1 Å². The Morgan fingerprint density at radius 3 is 2.44 bits per heavy atom. The van der Waals surface area contributed by atoms with E-state index in [1.165, 1.54) is 15.6 Å². The summed E-state index contributed by atoms with van der Waals surface area (Å²) in [5, 5.41) is 45.8. The number of benzene rings is 4. The molecule has 4 aromatic carbocycles. The number of carbonyl (C=O) groups excluding carboxylic acids is 2. The van der Waals surface area contributed by atoms with Crippen LogP contribution in [-0.2, 0) is 20.9 Å². The fraction of sp³-hybridized carbons (Fsp3) is 0.424. The number of H-pyrrole nitrogens is 1. The van der Waals surface area contributed by atoms with Gasteiger partial charge in [-0.1, -0.05) is 67.6 Å². The fourth-order valence-electron chi connectivity index (χ4n) is 11.8. The minimum Gasteiger partial charge on any atom is -0.486 e. The second kappa shape index (κ2) is 21.9. The van der Waals surface area contributed by atoms with Gasteiger partial charge in [-0.2, -0.15) is 15.1 Å². The van der Waals surface area contributed by atoms with Crippen LogP contribution in [0.2, 0.25) is 0 Å². The number of carbonyl (C=O) groups is 2. The average molecular weight is 1110 g/mol. The van der Waals surface area contributed by atoms with Gasteiger partial charge in [0.05, 0.1) is 58.8 Å². The normalized spacial score (nSPS) is 20.1. The Morgan fingerprint density at radius 1 is 0.963 bits per heavy atom. The van der Waals surface area contributed by atoms with Crippen molar-refractivity contribution in [3.63, 3.8) is 0 Å². The van der Waals surface area contributed by atoms with Gasteiger partial charge in [0.1, 0.15) is 48.1 Å². The minimum absolute atomic E-state index is 0.0383. The molecular weight excluding hydrogens is 1040 g/mol. The molecule has 4 aromatic heterocycles. The third kappa shape index (κ3) is 10.1. The number of nitrogens with zero attached hydrogens (tertiary/aromatic N) is 9. The Bertz CT molecular complexity index is 3600. The van der Waals surface area contributed by atoms with Gasteiger partial charge in [-0.25, -0.2) is 14.1 Å². The third-order valence-corrected chi connectivity index (χ3v) is 17.3. The zero-order valence-corrected chi connectivity index (χ0v) is 46.3. The first kappa shape index (κ1) is 53.2. The number of anilines is 1. The Hall–Kier alpha value is -7.43. The van der Waals surface area contributed by atoms with Crippen LogP contribution in [0.15, 0.2) is 78.6 Å². The average Bonchev–Trinajstić information content (AvgIpc) is 3.77.